The minimum atomic E-state index is -0.208. The van der Waals surface area contributed by atoms with E-state index in [0.717, 1.165) is 22.2 Å². The van der Waals surface area contributed by atoms with E-state index in [1.165, 1.54) is 19.5 Å². The van der Waals surface area contributed by atoms with Crippen molar-refractivity contribution in [2.45, 2.75) is 33.2 Å². The van der Waals surface area contributed by atoms with Gasteiger partial charge in [0.05, 0.1) is 41.1 Å². The molecule has 1 aliphatic rings. The average molecular weight is 421 g/mol. The average Bonchev–Trinajstić information content (AvgIpc) is 3.12. The number of methoxy groups -OCH3 is 1. The Morgan fingerprint density at radius 1 is 1.25 bits per heavy atom. The van der Waals surface area contributed by atoms with E-state index in [4.69, 9.17) is 27.9 Å². The van der Waals surface area contributed by atoms with Gasteiger partial charge >= 0.3 is 0 Å². The van der Waals surface area contributed by atoms with Gasteiger partial charge in [-0.3, -0.25) is 4.79 Å². The van der Waals surface area contributed by atoms with E-state index in [0.29, 0.717) is 28.8 Å². The van der Waals surface area contributed by atoms with Gasteiger partial charge in [-0.1, -0.05) is 43.1 Å². The van der Waals surface area contributed by atoms with Gasteiger partial charge in [0.15, 0.2) is 5.75 Å². The lowest BCUT2D eigenvalue weighted by Crippen LogP contribution is -2.39. The SMILES string of the molecule is CC.COc1cnc(C(=O)N2CCc3[nH]c4c(Cl)c(Cl)ccc4c3[C@@H]2C)nc1. The summed E-state index contributed by atoms with van der Waals surface area (Å²) >= 11 is 12.5. The van der Waals surface area contributed by atoms with Gasteiger partial charge < -0.3 is 14.6 Å². The maximum atomic E-state index is 12.9. The molecule has 1 aromatic carbocycles. The summed E-state index contributed by atoms with van der Waals surface area (Å²) in [6, 6.07) is 3.58. The predicted molar refractivity (Wildman–Crippen MR) is 111 cm³/mol. The van der Waals surface area contributed by atoms with Gasteiger partial charge in [0.2, 0.25) is 5.82 Å². The molecule has 1 atom stereocenters. The van der Waals surface area contributed by atoms with Crippen LogP contribution in [-0.2, 0) is 6.42 Å². The lowest BCUT2D eigenvalue weighted by molar-refractivity contribution is 0.0665. The van der Waals surface area contributed by atoms with E-state index < -0.39 is 0 Å². The molecular formula is C20H22Cl2N4O2. The summed E-state index contributed by atoms with van der Waals surface area (Å²) in [6.45, 7) is 6.57. The lowest BCUT2D eigenvalue weighted by Gasteiger charge is -2.33. The molecule has 4 rings (SSSR count). The number of carbonyl (C=O) groups excluding carboxylic acids is 1. The Labute approximate surface area is 173 Å². The van der Waals surface area contributed by atoms with E-state index in [1.807, 2.05) is 26.8 Å². The number of fused-ring (bicyclic) bond motifs is 3. The molecule has 1 amide bonds. The minimum absolute atomic E-state index is 0.136. The van der Waals surface area contributed by atoms with Crippen LogP contribution in [0, 0.1) is 0 Å². The molecule has 148 valence electrons. The van der Waals surface area contributed by atoms with Crippen molar-refractivity contribution in [3.8, 4) is 5.75 Å². The lowest BCUT2D eigenvalue weighted by atomic mass is 9.97. The number of halogens is 2. The maximum Gasteiger partial charge on any atom is 0.292 e. The number of benzene rings is 1. The van der Waals surface area contributed by atoms with Crippen molar-refractivity contribution in [2.75, 3.05) is 13.7 Å². The number of nitrogens with zero attached hydrogens (tertiary/aromatic N) is 3. The summed E-state index contributed by atoms with van der Waals surface area (Å²) in [5, 5.41) is 1.99. The van der Waals surface area contributed by atoms with Crippen LogP contribution in [0.4, 0.5) is 0 Å². The second-order valence-corrected chi connectivity index (χ2v) is 6.96. The first-order chi connectivity index (χ1) is 13.5. The largest absolute Gasteiger partial charge is 0.494 e. The molecule has 3 aromatic rings. The minimum Gasteiger partial charge on any atom is -0.494 e. The van der Waals surface area contributed by atoms with E-state index in [1.54, 1.807) is 11.0 Å². The zero-order valence-corrected chi connectivity index (χ0v) is 17.7. The van der Waals surface area contributed by atoms with Crippen LogP contribution in [0.1, 0.15) is 48.7 Å². The highest BCUT2D eigenvalue weighted by atomic mass is 35.5. The molecule has 0 bridgehead atoms. The topological polar surface area (TPSA) is 71.1 Å². The molecule has 2 aromatic heterocycles. The van der Waals surface area contributed by atoms with Crippen LogP contribution in [0.15, 0.2) is 24.5 Å². The molecule has 0 saturated heterocycles. The number of rotatable bonds is 2. The zero-order valence-electron chi connectivity index (χ0n) is 16.2. The van der Waals surface area contributed by atoms with Crippen molar-refractivity contribution in [2.24, 2.45) is 0 Å². The molecule has 6 nitrogen and oxygen atoms in total. The monoisotopic (exact) mass is 420 g/mol. The number of hydrogen-bond acceptors (Lipinski definition) is 4. The second kappa shape index (κ2) is 8.37. The van der Waals surface area contributed by atoms with Gasteiger partial charge in [-0.15, -0.1) is 0 Å². The number of hydrogen-bond donors (Lipinski definition) is 1. The number of H-pyrrole nitrogens is 1. The third-order valence-electron chi connectivity index (χ3n) is 4.79. The molecule has 0 aliphatic carbocycles. The summed E-state index contributed by atoms with van der Waals surface area (Å²) in [5.41, 5.74) is 2.95. The third kappa shape index (κ3) is 3.42. The van der Waals surface area contributed by atoms with E-state index in [9.17, 15) is 4.79 Å². The van der Waals surface area contributed by atoms with Crippen molar-refractivity contribution in [1.29, 1.82) is 0 Å². The van der Waals surface area contributed by atoms with Crippen LogP contribution in [0.3, 0.4) is 0 Å². The Morgan fingerprint density at radius 3 is 2.57 bits per heavy atom. The van der Waals surface area contributed by atoms with Crippen LogP contribution in [-0.4, -0.2) is 39.4 Å². The van der Waals surface area contributed by atoms with Crippen LogP contribution < -0.4 is 4.74 Å². The van der Waals surface area contributed by atoms with Gasteiger partial charge in [0.25, 0.3) is 5.91 Å². The highest BCUT2D eigenvalue weighted by Gasteiger charge is 2.32. The maximum absolute atomic E-state index is 12.9. The fourth-order valence-corrected chi connectivity index (χ4v) is 3.84. The van der Waals surface area contributed by atoms with E-state index in [2.05, 4.69) is 15.0 Å². The van der Waals surface area contributed by atoms with Gasteiger partial charge in [0.1, 0.15) is 0 Å². The van der Waals surface area contributed by atoms with Gasteiger partial charge in [-0.25, -0.2) is 9.97 Å². The highest BCUT2D eigenvalue weighted by Crippen LogP contribution is 2.40. The number of ether oxygens (including phenoxy) is 1. The quantitative estimate of drug-likeness (QED) is 0.628. The predicted octanol–water partition coefficient (Wildman–Crippen LogP) is 5.06. The first-order valence-corrected chi connectivity index (χ1v) is 9.92. The number of carbonyl (C=O) groups is 1. The molecular weight excluding hydrogens is 399 g/mol. The summed E-state index contributed by atoms with van der Waals surface area (Å²) in [5.74, 6) is 0.459. The van der Waals surface area contributed by atoms with Crippen LogP contribution in [0.2, 0.25) is 10.0 Å². The number of aromatic amines is 1. The smallest absolute Gasteiger partial charge is 0.292 e. The molecule has 0 radical (unpaired) electrons. The highest BCUT2D eigenvalue weighted by molar-refractivity contribution is 6.45. The molecule has 8 heteroatoms. The van der Waals surface area contributed by atoms with Crippen LogP contribution in [0.5, 0.6) is 5.75 Å². The first kappa shape index (κ1) is 20.4. The van der Waals surface area contributed by atoms with E-state index in [-0.39, 0.29) is 17.8 Å². The molecule has 1 aliphatic heterocycles. The molecule has 0 saturated carbocycles. The Bertz CT molecular complexity index is 1000. The Balaban J connectivity index is 0.00000109. The van der Waals surface area contributed by atoms with Gasteiger partial charge in [-0.05, 0) is 13.0 Å². The molecule has 0 fully saturated rings. The fourth-order valence-electron chi connectivity index (χ4n) is 3.47. The molecule has 0 unspecified atom stereocenters. The Morgan fingerprint density at radius 2 is 1.93 bits per heavy atom. The second-order valence-electron chi connectivity index (χ2n) is 6.17. The fraction of sp³-hybridized carbons (Fsp3) is 0.350. The Hall–Kier alpha value is -2.31. The molecule has 3 heterocycles. The third-order valence-corrected chi connectivity index (χ3v) is 5.59. The number of nitrogens with one attached hydrogen (secondary N) is 1. The molecule has 0 spiro atoms. The first-order valence-electron chi connectivity index (χ1n) is 9.16. The van der Waals surface area contributed by atoms with Crippen molar-refractivity contribution in [1.82, 2.24) is 19.9 Å². The standard InChI is InChI=1S/C18H16Cl2N4O2.C2H6/c1-9-14-11-3-4-12(19)15(20)16(11)23-13(14)5-6-24(9)18(25)17-21-7-10(26-2)8-22-17;1-2/h3-4,7-9,23H,5-6H2,1-2H3;1-2H3/t9-;/m0./s1. The van der Waals surface area contributed by atoms with Crippen molar-refractivity contribution in [3.05, 3.63) is 51.7 Å². The summed E-state index contributed by atoms with van der Waals surface area (Å²) < 4.78 is 5.04. The van der Waals surface area contributed by atoms with E-state index >= 15 is 0 Å². The number of amides is 1. The van der Waals surface area contributed by atoms with Crippen LogP contribution in [0.25, 0.3) is 10.9 Å². The van der Waals surface area contributed by atoms with Gasteiger partial charge in [-0.2, -0.15) is 0 Å². The summed E-state index contributed by atoms with van der Waals surface area (Å²) in [4.78, 5) is 26.3. The van der Waals surface area contributed by atoms with Crippen LogP contribution >= 0.6 is 23.2 Å². The molecule has 28 heavy (non-hydrogen) atoms. The molecule has 1 N–H and O–H groups in total. The Kier molecular flexibility index (Phi) is 6.10. The summed E-state index contributed by atoms with van der Waals surface area (Å²) in [6.07, 6.45) is 3.69. The van der Waals surface area contributed by atoms with Crippen molar-refractivity contribution >= 4 is 40.0 Å². The zero-order chi connectivity index (χ0) is 20.4. The van der Waals surface area contributed by atoms with Crippen molar-refractivity contribution in [3.63, 3.8) is 0 Å². The summed E-state index contributed by atoms with van der Waals surface area (Å²) in [7, 11) is 1.53. The number of aromatic nitrogens is 3. The normalized spacial score (nSPS) is 15.6. The van der Waals surface area contributed by atoms with Crippen molar-refractivity contribution < 1.29 is 9.53 Å². The van der Waals surface area contributed by atoms with Gasteiger partial charge in [0, 0.05) is 29.6 Å².